The van der Waals surface area contributed by atoms with E-state index < -0.39 is 0 Å². The molecule has 2 amide bonds. The molecule has 2 aromatic rings. The number of hydrogen-bond donors (Lipinski definition) is 2. The summed E-state index contributed by atoms with van der Waals surface area (Å²) in [4.78, 5) is 28.8. The van der Waals surface area contributed by atoms with E-state index in [1.807, 2.05) is 0 Å². The molecular weight excluding hydrogens is 366 g/mol. The van der Waals surface area contributed by atoms with Crippen LogP contribution in [-0.2, 0) is 16.0 Å². The normalized spacial score (nSPS) is 14.0. The molecule has 0 aliphatic heterocycles. The third kappa shape index (κ3) is 4.97. The van der Waals surface area contributed by atoms with Gasteiger partial charge in [0, 0.05) is 23.1 Å². The van der Waals surface area contributed by atoms with Crippen LogP contribution in [-0.4, -0.2) is 31.0 Å². The summed E-state index contributed by atoms with van der Waals surface area (Å²) >= 11 is 1.34. The quantitative estimate of drug-likeness (QED) is 0.757. The van der Waals surface area contributed by atoms with Gasteiger partial charge in [0.1, 0.15) is 0 Å². The van der Waals surface area contributed by atoms with E-state index in [-0.39, 0.29) is 24.2 Å². The van der Waals surface area contributed by atoms with Crippen molar-refractivity contribution in [1.29, 1.82) is 0 Å². The monoisotopic (exact) mass is 389 g/mol. The minimum absolute atomic E-state index is 0.0307. The van der Waals surface area contributed by atoms with E-state index in [0.29, 0.717) is 28.0 Å². The van der Waals surface area contributed by atoms with Crippen molar-refractivity contribution < 1.29 is 19.1 Å². The van der Waals surface area contributed by atoms with Gasteiger partial charge in [0.05, 0.1) is 26.3 Å². The first kappa shape index (κ1) is 19.2. The highest BCUT2D eigenvalue weighted by atomic mass is 32.1. The van der Waals surface area contributed by atoms with E-state index in [4.69, 9.17) is 9.47 Å². The van der Waals surface area contributed by atoms with E-state index >= 15 is 0 Å². The summed E-state index contributed by atoms with van der Waals surface area (Å²) in [6.07, 6.45) is 4.23. The van der Waals surface area contributed by atoms with Gasteiger partial charge in [-0.25, -0.2) is 4.98 Å². The highest BCUT2D eigenvalue weighted by molar-refractivity contribution is 7.13. The summed E-state index contributed by atoms with van der Waals surface area (Å²) in [5.41, 5.74) is 1.24. The third-order valence-corrected chi connectivity index (χ3v) is 5.32. The van der Waals surface area contributed by atoms with Crippen LogP contribution in [0.25, 0.3) is 0 Å². The highest BCUT2D eigenvalue weighted by Crippen LogP contribution is 2.30. The van der Waals surface area contributed by atoms with Crippen LogP contribution in [0.3, 0.4) is 0 Å². The first-order valence-corrected chi connectivity index (χ1v) is 9.74. The number of thiazole rings is 1. The van der Waals surface area contributed by atoms with E-state index in [1.54, 1.807) is 37.8 Å². The molecule has 1 aromatic heterocycles. The van der Waals surface area contributed by atoms with Crippen molar-refractivity contribution in [2.75, 3.05) is 24.9 Å². The Balaban J connectivity index is 1.55. The lowest BCUT2D eigenvalue weighted by Gasteiger charge is -2.10. The van der Waals surface area contributed by atoms with Gasteiger partial charge in [-0.2, -0.15) is 0 Å². The largest absolute Gasteiger partial charge is 0.493 e. The van der Waals surface area contributed by atoms with E-state index in [2.05, 4.69) is 15.6 Å². The molecule has 1 saturated carbocycles. The van der Waals surface area contributed by atoms with Gasteiger partial charge in [-0.3, -0.25) is 9.59 Å². The van der Waals surface area contributed by atoms with Gasteiger partial charge in [0.2, 0.25) is 11.8 Å². The van der Waals surface area contributed by atoms with Crippen LogP contribution in [0.4, 0.5) is 10.8 Å². The number of anilines is 2. The molecule has 144 valence electrons. The number of carbonyl (C=O) groups is 2. The van der Waals surface area contributed by atoms with Gasteiger partial charge in [0.15, 0.2) is 16.6 Å². The molecule has 1 aliphatic rings. The fourth-order valence-corrected chi connectivity index (χ4v) is 3.84. The van der Waals surface area contributed by atoms with Crippen molar-refractivity contribution in [3.05, 3.63) is 29.3 Å². The Morgan fingerprint density at radius 1 is 1.15 bits per heavy atom. The Kier molecular flexibility index (Phi) is 6.28. The zero-order chi connectivity index (χ0) is 19.2. The van der Waals surface area contributed by atoms with Crippen molar-refractivity contribution in [3.63, 3.8) is 0 Å². The first-order chi connectivity index (χ1) is 13.1. The topological polar surface area (TPSA) is 89.6 Å². The first-order valence-electron chi connectivity index (χ1n) is 8.86. The fourth-order valence-electron chi connectivity index (χ4n) is 3.12. The number of amides is 2. The summed E-state index contributed by atoms with van der Waals surface area (Å²) in [6.45, 7) is 0. The molecule has 7 nitrogen and oxygen atoms in total. The number of nitrogens with zero attached hydrogens (tertiary/aromatic N) is 1. The molecule has 0 radical (unpaired) electrons. The zero-order valence-corrected chi connectivity index (χ0v) is 16.2. The second kappa shape index (κ2) is 8.85. The molecule has 0 atom stereocenters. The summed E-state index contributed by atoms with van der Waals surface area (Å²) in [5.74, 6) is 1.06. The van der Waals surface area contributed by atoms with Crippen LogP contribution in [0.15, 0.2) is 23.6 Å². The Morgan fingerprint density at radius 2 is 1.89 bits per heavy atom. The lowest BCUT2D eigenvalue weighted by Crippen LogP contribution is -2.20. The lowest BCUT2D eigenvalue weighted by atomic mass is 10.1. The van der Waals surface area contributed by atoms with Gasteiger partial charge >= 0.3 is 0 Å². The fraction of sp³-hybridized carbons (Fsp3) is 0.421. The maximum absolute atomic E-state index is 12.3. The van der Waals surface area contributed by atoms with Crippen molar-refractivity contribution in [3.8, 4) is 11.5 Å². The molecule has 0 saturated heterocycles. The molecule has 8 heteroatoms. The third-order valence-electron chi connectivity index (χ3n) is 4.52. The molecule has 0 spiro atoms. The van der Waals surface area contributed by atoms with Gasteiger partial charge in [-0.15, -0.1) is 11.3 Å². The molecule has 3 rings (SSSR count). The Morgan fingerprint density at radius 3 is 2.59 bits per heavy atom. The number of rotatable bonds is 7. The number of methoxy groups -OCH3 is 2. The van der Waals surface area contributed by atoms with Gasteiger partial charge in [0.25, 0.3) is 0 Å². The lowest BCUT2D eigenvalue weighted by molar-refractivity contribution is -0.119. The summed E-state index contributed by atoms with van der Waals surface area (Å²) in [5, 5.41) is 8.01. The molecule has 0 unspecified atom stereocenters. The summed E-state index contributed by atoms with van der Waals surface area (Å²) < 4.78 is 10.4. The van der Waals surface area contributed by atoms with E-state index in [9.17, 15) is 9.59 Å². The molecule has 1 heterocycles. The number of ether oxygens (including phenoxy) is 2. The van der Waals surface area contributed by atoms with Gasteiger partial charge in [-0.1, -0.05) is 12.8 Å². The number of hydrogen-bond acceptors (Lipinski definition) is 6. The highest BCUT2D eigenvalue weighted by Gasteiger charge is 2.23. The van der Waals surface area contributed by atoms with Gasteiger partial charge < -0.3 is 20.1 Å². The maximum atomic E-state index is 12.3. The molecule has 1 aromatic carbocycles. The Bertz CT molecular complexity index is 815. The summed E-state index contributed by atoms with van der Waals surface area (Å²) in [6, 6.07) is 5.17. The molecular formula is C19H23N3O4S. The molecule has 27 heavy (non-hydrogen) atoms. The predicted molar refractivity (Wildman–Crippen MR) is 105 cm³/mol. The number of benzene rings is 1. The van der Waals surface area contributed by atoms with E-state index in [0.717, 1.165) is 25.7 Å². The number of carbonyl (C=O) groups excluding carboxylic acids is 2. The second-order valence-electron chi connectivity index (χ2n) is 6.41. The van der Waals surface area contributed by atoms with Crippen LogP contribution >= 0.6 is 11.3 Å². The summed E-state index contributed by atoms with van der Waals surface area (Å²) in [7, 11) is 3.10. The van der Waals surface area contributed by atoms with Crippen LogP contribution in [0, 0.1) is 5.92 Å². The number of nitrogens with one attached hydrogen (secondary N) is 2. The average Bonchev–Trinajstić information content (AvgIpc) is 3.33. The van der Waals surface area contributed by atoms with Crippen LogP contribution in [0.1, 0.15) is 31.4 Å². The van der Waals surface area contributed by atoms with Crippen molar-refractivity contribution >= 4 is 34.0 Å². The van der Waals surface area contributed by atoms with Crippen molar-refractivity contribution in [2.45, 2.75) is 32.1 Å². The minimum atomic E-state index is -0.193. The molecule has 1 aliphatic carbocycles. The zero-order valence-electron chi connectivity index (χ0n) is 15.4. The van der Waals surface area contributed by atoms with Crippen LogP contribution in [0.5, 0.6) is 11.5 Å². The van der Waals surface area contributed by atoms with Crippen LogP contribution < -0.4 is 20.1 Å². The maximum Gasteiger partial charge on any atom is 0.230 e. The smallest absolute Gasteiger partial charge is 0.230 e. The van der Waals surface area contributed by atoms with E-state index in [1.165, 1.54) is 11.3 Å². The molecule has 2 N–H and O–H groups in total. The van der Waals surface area contributed by atoms with Crippen molar-refractivity contribution in [1.82, 2.24) is 4.98 Å². The Hall–Kier alpha value is -2.61. The molecule has 0 bridgehead atoms. The SMILES string of the molecule is COc1ccc(NC(=O)Cc2csc(NC(=O)C3CCCC3)n2)cc1OC. The number of aromatic nitrogens is 1. The van der Waals surface area contributed by atoms with Crippen LogP contribution in [0.2, 0.25) is 0 Å². The van der Waals surface area contributed by atoms with Gasteiger partial charge in [-0.05, 0) is 25.0 Å². The minimum Gasteiger partial charge on any atom is -0.493 e. The molecule has 1 fully saturated rings. The van der Waals surface area contributed by atoms with Crippen molar-refractivity contribution in [2.24, 2.45) is 5.92 Å². The predicted octanol–water partition coefficient (Wildman–Crippen LogP) is 3.47. The Labute approximate surface area is 162 Å². The second-order valence-corrected chi connectivity index (χ2v) is 7.27. The standard InChI is InChI=1S/C19H23N3O4S/c1-25-15-8-7-13(9-16(15)26-2)20-17(23)10-14-11-27-19(21-14)22-18(24)12-5-3-4-6-12/h7-9,11-12H,3-6,10H2,1-2H3,(H,20,23)(H,21,22,24). The average molecular weight is 389 g/mol.